The van der Waals surface area contributed by atoms with Crippen molar-refractivity contribution in [2.24, 2.45) is 0 Å². The van der Waals surface area contributed by atoms with Crippen molar-refractivity contribution in [3.8, 4) is 11.1 Å². The summed E-state index contributed by atoms with van der Waals surface area (Å²) in [6.45, 7) is 0.218. The van der Waals surface area contributed by atoms with Crippen LogP contribution in [0.4, 0.5) is 17.6 Å². The summed E-state index contributed by atoms with van der Waals surface area (Å²) in [5.74, 6) is -1.89. The smallest absolute Gasteiger partial charge is 0.416 e. The van der Waals surface area contributed by atoms with Crippen LogP contribution in [-0.4, -0.2) is 21.6 Å². The number of hydrogen-bond acceptors (Lipinski definition) is 2. The monoisotopic (exact) mass is 546 g/mol. The number of fused-ring (bicyclic) bond motifs is 1. The van der Waals surface area contributed by atoms with Crippen LogP contribution in [0.15, 0.2) is 97.2 Å². The number of carbonyl (C=O) groups excluding carboxylic acids is 1. The lowest BCUT2D eigenvalue weighted by atomic mass is 9.99. The maximum Gasteiger partial charge on any atom is 0.416 e. The highest BCUT2D eigenvalue weighted by atomic mass is 19.4. The number of alkyl halides is 3. The predicted octanol–water partition coefficient (Wildman–Crippen LogP) is 7.14. The Kier molecular flexibility index (Phi) is 7.13. The van der Waals surface area contributed by atoms with E-state index in [1.165, 1.54) is 30.3 Å². The van der Waals surface area contributed by atoms with Gasteiger partial charge in [-0.1, -0.05) is 36.4 Å². The molecule has 5 rings (SSSR count). The molecule has 5 aromatic rings. The van der Waals surface area contributed by atoms with Crippen molar-refractivity contribution in [2.75, 3.05) is 0 Å². The molecule has 1 heterocycles. The van der Waals surface area contributed by atoms with E-state index in [-0.39, 0.29) is 24.2 Å². The number of nitrogens with zero attached hydrogens (tertiary/aromatic N) is 1. The first-order valence-corrected chi connectivity index (χ1v) is 12.2. The molecule has 0 aliphatic carbocycles. The Morgan fingerprint density at radius 3 is 2.23 bits per heavy atom. The zero-order valence-electron chi connectivity index (χ0n) is 20.9. The van der Waals surface area contributed by atoms with Gasteiger partial charge in [0.15, 0.2) is 0 Å². The molecule has 40 heavy (non-hydrogen) atoms. The third kappa shape index (κ3) is 5.73. The molecule has 9 heteroatoms. The minimum Gasteiger partial charge on any atom is -0.478 e. The molecule has 5 nitrogen and oxygen atoms in total. The van der Waals surface area contributed by atoms with Gasteiger partial charge in [0.2, 0.25) is 0 Å². The highest BCUT2D eigenvalue weighted by Crippen LogP contribution is 2.32. The van der Waals surface area contributed by atoms with Crippen molar-refractivity contribution in [2.45, 2.75) is 19.3 Å². The van der Waals surface area contributed by atoms with E-state index in [4.69, 9.17) is 5.11 Å². The molecular formula is C31H22F4N2O3. The van der Waals surface area contributed by atoms with Crippen LogP contribution in [0.1, 0.15) is 37.4 Å². The summed E-state index contributed by atoms with van der Waals surface area (Å²) in [5, 5.41) is 12.6. The van der Waals surface area contributed by atoms with E-state index in [0.717, 1.165) is 12.1 Å². The first-order valence-electron chi connectivity index (χ1n) is 12.2. The quantitative estimate of drug-likeness (QED) is 0.213. The summed E-state index contributed by atoms with van der Waals surface area (Å²) < 4.78 is 55.1. The summed E-state index contributed by atoms with van der Waals surface area (Å²) in [4.78, 5) is 24.6. The Balaban J connectivity index is 1.52. The Hall–Kier alpha value is -4.92. The topological polar surface area (TPSA) is 71.3 Å². The fourth-order valence-electron chi connectivity index (χ4n) is 4.55. The molecule has 0 aliphatic heterocycles. The summed E-state index contributed by atoms with van der Waals surface area (Å²) in [6, 6.07) is 22.2. The fourth-order valence-corrected chi connectivity index (χ4v) is 4.55. The molecule has 0 bridgehead atoms. The van der Waals surface area contributed by atoms with Gasteiger partial charge < -0.3 is 15.0 Å². The number of rotatable bonds is 7. The number of amides is 1. The van der Waals surface area contributed by atoms with Crippen molar-refractivity contribution < 1.29 is 32.3 Å². The van der Waals surface area contributed by atoms with Crippen LogP contribution in [-0.2, 0) is 19.3 Å². The molecule has 0 atom stereocenters. The van der Waals surface area contributed by atoms with E-state index >= 15 is 0 Å². The van der Waals surface area contributed by atoms with Gasteiger partial charge in [-0.25, -0.2) is 9.18 Å². The Labute approximate surface area is 226 Å². The minimum absolute atomic E-state index is 0.0975. The molecule has 1 aromatic heterocycles. The number of halogens is 4. The van der Waals surface area contributed by atoms with Crippen LogP contribution in [0.5, 0.6) is 0 Å². The van der Waals surface area contributed by atoms with E-state index in [9.17, 15) is 27.2 Å². The summed E-state index contributed by atoms with van der Waals surface area (Å²) in [6.07, 6.45) is -2.77. The average molecular weight is 547 g/mol. The van der Waals surface area contributed by atoms with Crippen molar-refractivity contribution in [1.82, 2.24) is 9.88 Å². The molecule has 4 aromatic carbocycles. The van der Waals surface area contributed by atoms with Crippen LogP contribution >= 0.6 is 0 Å². The van der Waals surface area contributed by atoms with Crippen LogP contribution in [0.2, 0.25) is 0 Å². The van der Waals surface area contributed by atoms with Gasteiger partial charge in [0.05, 0.1) is 22.2 Å². The largest absolute Gasteiger partial charge is 0.478 e. The Morgan fingerprint density at radius 2 is 1.55 bits per heavy atom. The maximum absolute atomic E-state index is 13.5. The summed E-state index contributed by atoms with van der Waals surface area (Å²) >= 11 is 0. The van der Waals surface area contributed by atoms with E-state index in [1.54, 1.807) is 53.2 Å². The molecule has 202 valence electrons. The molecule has 0 unspecified atom stereocenters. The molecule has 0 saturated heterocycles. The van der Waals surface area contributed by atoms with Gasteiger partial charge in [-0.05, 0) is 76.9 Å². The molecule has 0 saturated carbocycles. The van der Waals surface area contributed by atoms with Crippen LogP contribution in [0, 0.1) is 5.82 Å². The Bertz CT molecular complexity index is 1710. The molecule has 0 radical (unpaired) electrons. The van der Waals surface area contributed by atoms with Crippen molar-refractivity contribution in [1.29, 1.82) is 0 Å². The first-order chi connectivity index (χ1) is 19.1. The zero-order chi connectivity index (χ0) is 28.4. The molecule has 0 aliphatic rings. The van der Waals surface area contributed by atoms with Gasteiger partial charge in [0.1, 0.15) is 5.82 Å². The van der Waals surface area contributed by atoms with Crippen molar-refractivity contribution in [3.63, 3.8) is 0 Å². The number of aromatic nitrogens is 1. The van der Waals surface area contributed by atoms with Gasteiger partial charge in [-0.2, -0.15) is 13.2 Å². The second kappa shape index (κ2) is 10.7. The average Bonchev–Trinajstić information content (AvgIpc) is 3.34. The zero-order valence-corrected chi connectivity index (χ0v) is 20.9. The van der Waals surface area contributed by atoms with Gasteiger partial charge in [0.25, 0.3) is 5.91 Å². The number of aromatic carboxylic acids is 1. The second-order valence-corrected chi connectivity index (χ2v) is 9.30. The summed E-state index contributed by atoms with van der Waals surface area (Å²) in [5.41, 5.74) is 2.64. The normalized spacial score (nSPS) is 11.5. The molecule has 1 amide bonds. The molecule has 0 fully saturated rings. The van der Waals surface area contributed by atoms with Crippen LogP contribution < -0.4 is 5.32 Å². The van der Waals surface area contributed by atoms with Gasteiger partial charge in [-0.15, -0.1) is 0 Å². The highest BCUT2D eigenvalue weighted by Gasteiger charge is 2.30. The van der Waals surface area contributed by atoms with Crippen molar-refractivity contribution >= 4 is 22.8 Å². The number of carboxylic acid groups (broad SMARTS) is 1. The first kappa shape index (κ1) is 26.7. The Morgan fingerprint density at radius 1 is 0.825 bits per heavy atom. The lowest BCUT2D eigenvalue weighted by molar-refractivity contribution is -0.137. The molecular weight excluding hydrogens is 524 g/mol. The maximum atomic E-state index is 13.5. The van der Waals surface area contributed by atoms with Crippen LogP contribution in [0.25, 0.3) is 22.0 Å². The van der Waals surface area contributed by atoms with E-state index in [0.29, 0.717) is 33.2 Å². The number of nitrogens with one attached hydrogen (secondary N) is 1. The SMILES string of the molecule is O=C(O)c1ccc(CNC(=O)c2cc(-c3ccc(F)cc3)cc3ccn(Cc4cccc(C(F)(F)F)c4)c23)cc1. The standard InChI is InChI=1S/C31H22F4N2O3/c32-26-10-8-21(9-11-26)24-15-23-12-13-37(18-20-2-1-3-25(14-20)31(33,34)35)28(23)27(16-24)29(38)36-17-19-4-6-22(7-5-19)30(39)40/h1-16H,17-18H2,(H,36,38)(H,39,40). The van der Waals surface area contributed by atoms with Crippen molar-refractivity contribution in [3.05, 3.63) is 131 Å². The summed E-state index contributed by atoms with van der Waals surface area (Å²) in [7, 11) is 0. The van der Waals surface area contributed by atoms with E-state index in [2.05, 4.69) is 5.32 Å². The third-order valence-corrected chi connectivity index (χ3v) is 6.54. The van der Waals surface area contributed by atoms with Gasteiger partial charge in [0, 0.05) is 24.7 Å². The van der Waals surface area contributed by atoms with Gasteiger partial charge >= 0.3 is 12.1 Å². The minimum atomic E-state index is -4.48. The predicted molar refractivity (Wildman–Crippen MR) is 142 cm³/mol. The number of carbonyl (C=O) groups is 2. The van der Waals surface area contributed by atoms with E-state index in [1.807, 2.05) is 6.07 Å². The highest BCUT2D eigenvalue weighted by molar-refractivity contribution is 6.07. The number of carboxylic acids is 1. The molecule has 2 N–H and O–H groups in total. The fraction of sp³-hybridized carbons (Fsp3) is 0.0968. The number of hydrogen-bond donors (Lipinski definition) is 2. The molecule has 0 spiro atoms. The van der Waals surface area contributed by atoms with Gasteiger partial charge in [-0.3, -0.25) is 4.79 Å². The third-order valence-electron chi connectivity index (χ3n) is 6.54. The lowest BCUT2D eigenvalue weighted by Gasteiger charge is -2.14. The van der Waals surface area contributed by atoms with E-state index < -0.39 is 29.4 Å². The number of benzene rings is 4. The van der Waals surface area contributed by atoms with Crippen LogP contribution in [0.3, 0.4) is 0 Å². The second-order valence-electron chi connectivity index (χ2n) is 9.30. The lowest BCUT2D eigenvalue weighted by Crippen LogP contribution is -2.23.